The van der Waals surface area contributed by atoms with Gasteiger partial charge in [-0.05, 0) is 55.4 Å². The molecule has 9 heteroatoms. The van der Waals surface area contributed by atoms with Crippen LogP contribution in [0.5, 0.6) is 5.88 Å². The van der Waals surface area contributed by atoms with Gasteiger partial charge in [-0.3, -0.25) is 4.79 Å². The van der Waals surface area contributed by atoms with Gasteiger partial charge in [0.25, 0.3) is 5.91 Å². The van der Waals surface area contributed by atoms with E-state index in [0.717, 1.165) is 36.5 Å². The van der Waals surface area contributed by atoms with E-state index in [1.54, 1.807) is 24.3 Å². The Bertz CT molecular complexity index is 953. The number of halogens is 3. The van der Waals surface area contributed by atoms with Gasteiger partial charge in [0.05, 0.1) is 24.3 Å². The van der Waals surface area contributed by atoms with Crippen molar-refractivity contribution in [2.24, 2.45) is 5.41 Å². The molecular formula is C22H24F3N3O2S. The van der Waals surface area contributed by atoms with Crippen LogP contribution in [0.1, 0.15) is 42.5 Å². The molecule has 1 saturated heterocycles. The van der Waals surface area contributed by atoms with Crippen molar-refractivity contribution in [1.82, 2.24) is 4.98 Å². The summed E-state index contributed by atoms with van der Waals surface area (Å²) >= 11 is 4.43. The van der Waals surface area contributed by atoms with Gasteiger partial charge in [-0.15, -0.1) is 12.6 Å². The monoisotopic (exact) mass is 451 g/mol. The maximum Gasteiger partial charge on any atom is 0.392 e. The van der Waals surface area contributed by atoms with Gasteiger partial charge in [0.15, 0.2) is 0 Å². The number of hydrogen-bond acceptors (Lipinski definition) is 5. The summed E-state index contributed by atoms with van der Waals surface area (Å²) in [5.74, 6) is -0.0975. The van der Waals surface area contributed by atoms with Gasteiger partial charge in [0.1, 0.15) is 5.82 Å². The fraction of sp³-hybridized carbons (Fsp3) is 0.455. The molecule has 4 rings (SSSR count). The quantitative estimate of drug-likeness (QED) is 0.583. The summed E-state index contributed by atoms with van der Waals surface area (Å²) in [5.41, 5.74) is 1.86. The zero-order valence-corrected chi connectivity index (χ0v) is 17.8. The van der Waals surface area contributed by atoms with Crippen molar-refractivity contribution in [3.8, 4) is 5.88 Å². The average molecular weight is 452 g/mol. The Morgan fingerprint density at radius 3 is 2.58 bits per heavy atom. The summed E-state index contributed by atoms with van der Waals surface area (Å²) in [6, 6.07) is 9.99. The number of nitrogens with one attached hydrogen (secondary N) is 1. The molecule has 1 aliphatic heterocycles. The van der Waals surface area contributed by atoms with Crippen LogP contribution in [0, 0.1) is 5.41 Å². The Labute approximate surface area is 184 Å². The van der Waals surface area contributed by atoms with Gasteiger partial charge in [-0.1, -0.05) is 6.07 Å². The third kappa shape index (κ3) is 5.64. The standard InChI is InChI=1S/C22H24F3N3O2S/c23-22(24,25)10-13-30-19-3-1-2-18(26-19)27-20(29)16-5-4-15(31)14-17(16)28-11-8-21(6-7-21)9-12-28/h1-5,14,31H,6-13H2,(H,26,27,29). The number of aromatic nitrogens is 1. The fourth-order valence-corrected chi connectivity index (χ4v) is 4.09. The Morgan fingerprint density at radius 1 is 1.16 bits per heavy atom. The molecule has 1 aliphatic carbocycles. The number of pyridine rings is 1. The minimum absolute atomic E-state index is 0.0266. The second kappa shape index (κ2) is 8.61. The van der Waals surface area contributed by atoms with Crippen LogP contribution in [-0.2, 0) is 0 Å². The van der Waals surface area contributed by atoms with Crippen LogP contribution < -0.4 is 15.0 Å². The normalized spacial score (nSPS) is 17.5. The Kier molecular flexibility index (Phi) is 6.05. The molecular weight excluding hydrogens is 427 g/mol. The number of benzene rings is 1. The highest BCUT2D eigenvalue weighted by atomic mass is 32.1. The van der Waals surface area contributed by atoms with Gasteiger partial charge in [0, 0.05) is 24.1 Å². The lowest BCUT2D eigenvalue weighted by atomic mass is 9.93. The molecule has 166 valence electrons. The first kappa shape index (κ1) is 21.8. The highest BCUT2D eigenvalue weighted by Gasteiger charge is 2.44. The zero-order chi connectivity index (χ0) is 22.1. The second-order valence-electron chi connectivity index (χ2n) is 8.22. The maximum atomic E-state index is 13.0. The summed E-state index contributed by atoms with van der Waals surface area (Å²) < 4.78 is 42.0. The number of ether oxygens (including phenoxy) is 1. The number of thiol groups is 1. The van der Waals surface area contributed by atoms with E-state index in [1.807, 2.05) is 6.07 Å². The van der Waals surface area contributed by atoms with Crippen LogP contribution in [0.4, 0.5) is 24.7 Å². The van der Waals surface area contributed by atoms with Crippen molar-refractivity contribution in [3.05, 3.63) is 42.0 Å². The molecule has 1 aromatic heterocycles. The van der Waals surface area contributed by atoms with E-state index in [0.29, 0.717) is 11.0 Å². The molecule has 2 aliphatic rings. The van der Waals surface area contributed by atoms with Crippen LogP contribution in [0.25, 0.3) is 0 Å². The van der Waals surface area contributed by atoms with E-state index in [-0.39, 0.29) is 17.6 Å². The minimum Gasteiger partial charge on any atom is -0.477 e. The number of hydrogen-bond donors (Lipinski definition) is 2. The van der Waals surface area contributed by atoms with Crippen molar-refractivity contribution < 1.29 is 22.7 Å². The molecule has 0 bridgehead atoms. The van der Waals surface area contributed by atoms with E-state index in [4.69, 9.17) is 4.74 Å². The van der Waals surface area contributed by atoms with Gasteiger partial charge in [-0.2, -0.15) is 18.2 Å². The van der Waals surface area contributed by atoms with Gasteiger partial charge in [0.2, 0.25) is 5.88 Å². The van der Waals surface area contributed by atoms with Crippen LogP contribution in [0.3, 0.4) is 0 Å². The number of alkyl halides is 3. The summed E-state index contributed by atoms with van der Waals surface area (Å²) in [7, 11) is 0. The Morgan fingerprint density at radius 2 is 1.90 bits per heavy atom. The highest BCUT2D eigenvalue weighted by Crippen LogP contribution is 2.54. The van der Waals surface area contributed by atoms with E-state index >= 15 is 0 Å². The third-order valence-electron chi connectivity index (χ3n) is 5.95. The smallest absolute Gasteiger partial charge is 0.392 e. The number of piperidine rings is 1. The van der Waals surface area contributed by atoms with Gasteiger partial charge in [-0.25, -0.2) is 0 Å². The molecule has 31 heavy (non-hydrogen) atoms. The molecule has 2 fully saturated rings. The Hall–Kier alpha value is -2.42. The predicted molar refractivity (Wildman–Crippen MR) is 115 cm³/mol. The van der Waals surface area contributed by atoms with Crippen LogP contribution >= 0.6 is 12.6 Å². The van der Waals surface area contributed by atoms with Crippen molar-refractivity contribution >= 4 is 30.0 Å². The number of anilines is 2. The van der Waals surface area contributed by atoms with Crippen molar-refractivity contribution in [3.63, 3.8) is 0 Å². The molecule has 2 aromatic rings. The number of nitrogens with zero attached hydrogens (tertiary/aromatic N) is 2. The van der Waals surface area contributed by atoms with E-state index in [2.05, 4.69) is 27.8 Å². The first-order valence-corrected chi connectivity index (χ1v) is 10.7. The number of amides is 1. The van der Waals surface area contributed by atoms with Crippen LogP contribution in [0.15, 0.2) is 41.3 Å². The highest BCUT2D eigenvalue weighted by molar-refractivity contribution is 7.80. The largest absolute Gasteiger partial charge is 0.477 e. The molecule has 0 radical (unpaired) electrons. The molecule has 0 unspecified atom stereocenters. The first-order chi connectivity index (χ1) is 14.7. The summed E-state index contributed by atoms with van der Waals surface area (Å²) in [6.07, 6.45) is -0.508. The number of carbonyl (C=O) groups excluding carboxylic acids is 1. The summed E-state index contributed by atoms with van der Waals surface area (Å²) in [4.78, 5) is 20.1. The fourth-order valence-electron chi connectivity index (χ4n) is 3.89. The SMILES string of the molecule is O=C(Nc1cccc(OCCC(F)(F)F)n1)c1ccc(S)cc1N1CCC2(CC1)CC2. The average Bonchev–Trinajstić information content (AvgIpc) is 3.46. The molecule has 1 saturated carbocycles. The Balaban J connectivity index is 1.44. The predicted octanol–water partition coefficient (Wildman–Crippen LogP) is 5.33. The minimum atomic E-state index is -4.30. The molecule has 2 heterocycles. The van der Waals surface area contributed by atoms with Crippen molar-refractivity contribution in [1.29, 1.82) is 0 Å². The lowest BCUT2D eigenvalue weighted by molar-refractivity contribution is -0.139. The van der Waals surface area contributed by atoms with Gasteiger partial charge >= 0.3 is 6.18 Å². The van der Waals surface area contributed by atoms with Crippen molar-refractivity contribution in [2.75, 3.05) is 29.9 Å². The summed E-state index contributed by atoms with van der Waals surface area (Å²) in [6.45, 7) is 1.27. The maximum absolute atomic E-state index is 13.0. The second-order valence-corrected chi connectivity index (χ2v) is 8.73. The van der Waals surface area contributed by atoms with E-state index in [9.17, 15) is 18.0 Å². The zero-order valence-electron chi connectivity index (χ0n) is 16.9. The molecule has 1 aromatic carbocycles. The summed E-state index contributed by atoms with van der Waals surface area (Å²) in [5, 5.41) is 2.73. The molecule has 0 atom stereocenters. The van der Waals surface area contributed by atoms with Crippen LogP contribution in [0.2, 0.25) is 0 Å². The lowest BCUT2D eigenvalue weighted by Gasteiger charge is -2.35. The van der Waals surface area contributed by atoms with Gasteiger partial charge < -0.3 is 15.0 Å². The molecule has 1 amide bonds. The number of rotatable bonds is 6. The van der Waals surface area contributed by atoms with Crippen molar-refractivity contribution in [2.45, 2.75) is 43.2 Å². The molecule has 1 spiro atoms. The molecule has 1 N–H and O–H groups in total. The molecule has 5 nitrogen and oxygen atoms in total. The lowest BCUT2D eigenvalue weighted by Crippen LogP contribution is -2.35. The van der Waals surface area contributed by atoms with E-state index in [1.165, 1.54) is 18.9 Å². The third-order valence-corrected chi connectivity index (χ3v) is 6.23. The first-order valence-electron chi connectivity index (χ1n) is 10.3. The van der Waals surface area contributed by atoms with Crippen LogP contribution in [-0.4, -0.2) is 36.8 Å². The topological polar surface area (TPSA) is 54.5 Å². The van der Waals surface area contributed by atoms with E-state index < -0.39 is 19.2 Å². The number of carbonyl (C=O) groups is 1.